The van der Waals surface area contributed by atoms with E-state index in [0.29, 0.717) is 37.9 Å². The molecule has 1 atom stereocenters. The summed E-state index contributed by atoms with van der Waals surface area (Å²) in [6.07, 6.45) is 1.36. The largest absolute Gasteiger partial charge is 0.755 e. The zero-order valence-corrected chi connectivity index (χ0v) is 15.5. The van der Waals surface area contributed by atoms with E-state index < -0.39 is 23.3 Å². The van der Waals surface area contributed by atoms with Crippen LogP contribution in [0.4, 0.5) is 10.5 Å². The van der Waals surface area contributed by atoms with Gasteiger partial charge in [-0.1, -0.05) is 36.4 Å². The highest BCUT2D eigenvalue weighted by atomic mass is 32.2. The van der Waals surface area contributed by atoms with Crippen molar-refractivity contribution in [3.05, 3.63) is 42.5 Å². The number of nitrogens with two attached hydrogens (primary N) is 1. The Morgan fingerprint density at radius 3 is 2.44 bits per heavy atom. The Kier molecular flexibility index (Phi) is 6.08. The number of primary amides is 1. The van der Waals surface area contributed by atoms with Crippen molar-refractivity contribution in [1.29, 1.82) is 0 Å². The van der Waals surface area contributed by atoms with Crippen molar-refractivity contribution in [3.8, 4) is 0 Å². The van der Waals surface area contributed by atoms with Gasteiger partial charge in [0.25, 0.3) is 0 Å². The average Bonchev–Trinajstić information content (AvgIpc) is 2.65. The molecule has 3 rings (SSSR count). The van der Waals surface area contributed by atoms with Crippen molar-refractivity contribution < 1.29 is 23.1 Å². The number of nitrogens with zero attached hydrogens (tertiary/aromatic N) is 1. The van der Waals surface area contributed by atoms with Crippen LogP contribution in [0.15, 0.2) is 42.5 Å². The van der Waals surface area contributed by atoms with Gasteiger partial charge in [0.2, 0.25) is 0 Å². The first kappa shape index (κ1) is 19.3. The highest BCUT2D eigenvalue weighted by Crippen LogP contribution is 2.33. The van der Waals surface area contributed by atoms with Gasteiger partial charge in [0.1, 0.15) is 0 Å². The number of hydrogen-bond acceptors (Lipinski definition) is 5. The lowest BCUT2D eigenvalue weighted by molar-refractivity contribution is -0.143. The molecule has 0 saturated heterocycles. The molecule has 0 aliphatic heterocycles. The maximum absolute atomic E-state index is 11.9. The summed E-state index contributed by atoms with van der Waals surface area (Å²) in [6.45, 7) is 0.349. The van der Waals surface area contributed by atoms with Crippen molar-refractivity contribution >= 4 is 39.8 Å². The van der Waals surface area contributed by atoms with Crippen molar-refractivity contribution in [2.45, 2.75) is 25.7 Å². The van der Waals surface area contributed by atoms with E-state index in [-0.39, 0.29) is 11.8 Å². The second-order valence-corrected chi connectivity index (χ2v) is 7.61. The van der Waals surface area contributed by atoms with E-state index in [9.17, 15) is 18.4 Å². The molecule has 144 valence electrons. The first-order valence-corrected chi connectivity index (χ1v) is 9.84. The minimum atomic E-state index is -2.41. The predicted molar refractivity (Wildman–Crippen MR) is 101 cm³/mol. The average molecular weight is 389 g/mol. The molecular formula is C19H21N2O5S-. The van der Waals surface area contributed by atoms with Crippen molar-refractivity contribution in [1.82, 2.24) is 0 Å². The summed E-state index contributed by atoms with van der Waals surface area (Å²) in [5.74, 6) is -0.837. The Morgan fingerprint density at radius 1 is 1.11 bits per heavy atom. The van der Waals surface area contributed by atoms with Crippen LogP contribution < -0.4 is 10.0 Å². The fourth-order valence-corrected chi connectivity index (χ4v) is 4.32. The topological polar surface area (TPSA) is 113 Å². The molecule has 2 N–H and O–H groups in total. The number of carbonyl (C=O) groups excluding carboxylic acids is 2. The van der Waals surface area contributed by atoms with Gasteiger partial charge in [-0.15, -0.1) is 0 Å². The molecule has 1 saturated carbocycles. The van der Waals surface area contributed by atoms with Gasteiger partial charge >= 0.3 is 12.1 Å². The lowest BCUT2D eigenvalue weighted by Gasteiger charge is -2.34. The first-order valence-electron chi connectivity index (χ1n) is 8.81. The van der Waals surface area contributed by atoms with Crippen molar-refractivity contribution in [2.24, 2.45) is 17.6 Å². The van der Waals surface area contributed by atoms with Gasteiger partial charge in [0.15, 0.2) is 0 Å². The molecule has 0 aromatic heterocycles. The van der Waals surface area contributed by atoms with Crippen LogP contribution in [0.5, 0.6) is 0 Å². The summed E-state index contributed by atoms with van der Waals surface area (Å²) in [7, 11) is 0. The SMILES string of the molecule is NC(=O)OC(=O)C1CCC(CN(c2cccc3ccccc23)S(=O)[O-])CC1. The third-order valence-electron chi connectivity index (χ3n) is 5.02. The molecule has 1 amide bonds. The maximum atomic E-state index is 11.9. The number of hydrogen-bond donors (Lipinski definition) is 1. The van der Waals surface area contributed by atoms with E-state index in [0.717, 1.165) is 10.8 Å². The van der Waals surface area contributed by atoms with Gasteiger partial charge in [-0.3, -0.25) is 9.00 Å². The fraction of sp³-hybridized carbons (Fsp3) is 0.368. The minimum Gasteiger partial charge on any atom is -0.755 e. The second kappa shape index (κ2) is 8.49. The number of ether oxygens (including phenoxy) is 1. The first-order chi connectivity index (χ1) is 13.0. The Morgan fingerprint density at radius 2 is 1.78 bits per heavy atom. The summed E-state index contributed by atoms with van der Waals surface area (Å²) < 4.78 is 29.7. The lowest BCUT2D eigenvalue weighted by Crippen LogP contribution is -2.35. The summed E-state index contributed by atoms with van der Waals surface area (Å²) in [5, 5.41) is 1.85. The molecule has 1 fully saturated rings. The highest BCUT2D eigenvalue weighted by molar-refractivity contribution is 7.80. The number of fused-ring (bicyclic) bond motifs is 1. The van der Waals surface area contributed by atoms with E-state index in [4.69, 9.17) is 5.73 Å². The number of carbonyl (C=O) groups is 2. The van der Waals surface area contributed by atoms with E-state index in [1.807, 2.05) is 36.4 Å². The van der Waals surface area contributed by atoms with Gasteiger partial charge < -0.3 is 19.3 Å². The quantitative estimate of drug-likeness (QED) is 0.480. The molecule has 2 aromatic rings. The molecule has 27 heavy (non-hydrogen) atoms. The second-order valence-electron chi connectivity index (χ2n) is 6.73. The summed E-state index contributed by atoms with van der Waals surface area (Å²) in [5.41, 5.74) is 5.53. The van der Waals surface area contributed by atoms with Crippen LogP contribution >= 0.6 is 0 Å². The molecule has 1 unspecified atom stereocenters. The Bertz CT molecular complexity index is 859. The molecule has 0 radical (unpaired) electrons. The van der Waals surface area contributed by atoms with Crippen LogP contribution in [0.2, 0.25) is 0 Å². The molecule has 1 aliphatic carbocycles. The van der Waals surface area contributed by atoms with Gasteiger partial charge in [-0.25, -0.2) is 4.79 Å². The van der Waals surface area contributed by atoms with Crippen molar-refractivity contribution in [2.75, 3.05) is 10.8 Å². The van der Waals surface area contributed by atoms with E-state index in [2.05, 4.69) is 4.74 Å². The highest BCUT2D eigenvalue weighted by Gasteiger charge is 2.29. The van der Waals surface area contributed by atoms with E-state index in [1.165, 1.54) is 4.31 Å². The van der Waals surface area contributed by atoms with Crippen LogP contribution in [-0.2, 0) is 20.8 Å². The molecular weight excluding hydrogens is 368 g/mol. The predicted octanol–water partition coefficient (Wildman–Crippen LogP) is 2.87. The lowest BCUT2D eigenvalue weighted by atomic mass is 9.82. The third-order valence-corrected chi connectivity index (χ3v) is 5.73. The normalized spacial score (nSPS) is 20.8. The molecule has 8 heteroatoms. The standard InChI is InChI=1S/C19H22N2O5S/c20-19(23)26-18(22)15-10-8-13(9-11-15)12-21(27(24)25)17-7-3-5-14-4-1-2-6-16(14)17/h1-7,13,15H,8-12H2,(H2,20,23)(H,24,25)/p-1. The number of anilines is 1. The Hall–Kier alpha value is -2.45. The van der Waals surface area contributed by atoms with Crippen LogP contribution in [0.25, 0.3) is 10.8 Å². The Balaban J connectivity index is 1.70. The van der Waals surface area contributed by atoms with Crippen LogP contribution in [-0.4, -0.2) is 27.4 Å². The van der Waals surface area contributed by atoms with Gasteiger partial charge in [0.05, 0.1) is 11.6 Å². The fourth-order valence-electron chi connectivity index (χ4n) is 3.66. The zero-order valence-electron chi connectivity index (χ0n) is 14.7. The zero-order chi connectivity index (χ0) is 19.4. The van der Waals surface area contributed by atoms with Crippen LogP contribution in [0.1, 0.15) is 25.7 Å². The molecule has 1 aliphatic rings. The molecule has 2 aromatic carbocycles. The molecule has 0 heterocycles. The number of amides is 1. The Labute approximate surface area is 159 Å². The molecule has 7 nitrogen and oxygen atoms in total. The van der Waals surface area contributed by atoms with Gasteiger partial charge in [-0.2, -0.15) is 0 Å². The molecule has 0 bridgehead atoms. The summed E-state index contributed by atoms with van der Waals surface area (Å²) >= 11 is -2.41. The third kappa shape index (κ3) is 4.64. The number of esters is 1. The van der Waals surface area contributed by atoms with E-state index >= 15 is 0 Å². The summed E-state index contributed by atoms with van der Waals surface area (Å²) in [4.78, 5) is 22.5. The van der Waals surface area contributed by atoms with Gasteiger partial charge in [0, 0.05) is 23.2 Å². The molecule has 0 spiro atoms. The van der Waals surface area contributed by atoms with Crippen molar-refractivity contribution in [3.63, 3.8) is 0 Å². The van der Waals surface area contributed by atoms with Crippen LogP contribution in [0.3, 0.4) is 0 Å². The smallest absolute Gasteiger partial charge is 0.412 e. The van der Waals surface area contributed by atoms with E-state index in [1.54, 1.807) is 6.07 Å². The maximum Gasteiger partial charge on any atom is 0.412 e. The van der Waals surface area contributed by atoms with Gasteiger partial charge in [-0.05, 0) is 43.1 Å². The number of benzene rings is 2. The monoisotopic (exact) mass is 389 g/mol. The van der Waals surface area contributed by atoms with Crippen LogP contribution in [0, 0.1) is 11.8 Å². The number of rotatable bonds is 5. The summed E-state index contributed by atoms with van der Waals surface area (Å²) in [6, 6.07) is 13.2. The minimum absolute atomic E-state index is 0.125.